The third kappa shape index (κ3) is 4.77. The number of aromatic nitrogens is 2. The van der Waals surface area contributed by atoms with E-state index in [0.717, 1.165) is 21.4 Å². The van der Waals surface area contributed by atoms with E-state index >= 15 is 0 Å². The Kier molecular flexibility index (Phi) is 6.15. The molecule has 0 saturated carbocycles. The molecule has 0 bridgehead atoms. The summed E-state index contributed by atoms with van der Waals surface area (Å²) in [6.45, 7) is 4.90. The fourth-order valence-corrected chi connectivity index (χ4v) is 3.43. The van der Waals surface area contributed by atoms with Gasteiger partial charge in [-0.2, -0.15) is 5.10 Å². The monoisotopic (exact) mass is 422 g/mol. The number of hydrogen-bond acceptors (Lipinski definition) is 5. The van der Waals surface area contributed by atoms with Crippen molar-refractivity contribution in [3.8, 4) is 0 Å². The molecule has 2 amide bonds. The number of carbonyl (C=O) groups excluding carboxylic acids is 2. The molecule has 0 radical (unpaired) electrons. The summed E-state index contributed by atoms with van der Waals surface area (Å²) in [6, 6.07) is 10.0. The Morgan fingerprint density at radius 1 is 1.00 bits per heavy atom. The van der Waals surface area contributed by atoms with Gasteiger partial charge in [-0.15, -0.1) is 0 Å². The molecule has 9 heteroatoms. The second kappa shape index (κ2) is 8.78. The van der Waals surface area contributed by atoms with Crippen molar-refractivity contribution in [3.63, 3.8) is 0 Å². The Labute approximate surface area is 177 Å². The molecule has 3 aromatic rings. The number of amides is 2. The Hall–Kier alpha value is -4.01. The molecule has 0 spiro atoms. The fraction of sp³-hybridized carbons (Fsp3) is 0.227. The number of carboxylic acids is 1. The van der Waals surface area contributed by atoms with E-state index in [1.807, 2.05) is 32.9 Å². The highest BCUT2D eigenvalue weighted by Crippen LogP contribution is 2.21. The number of nitrogens with zero attached hydrogens (tertiary/aromatic N) is 2. The highest BCUT2D eigenvalue weighted by molar-refractivity contribution is 6.01. The number of hydrogen-bond donors (Lipinski definition) is 3. The van der Waals surface area contributed by atoms with Crippen LogP contribution in [-0.2, 0) is 16.1 Å². The zero-order valence-corrected chi connectivity index (χ0v) is 17.4. The van der Waals surface area contributed by atoms with Gasteiger partial charge in [-0.05, 0) is 38.0 Å². The molecule has 2 aromatic carbocycles. The summed E-state index contributed by atoms with van der Waals surface area (Å²) in [4.78, 5) is 48.6. The second-order valence-electron chi connectivity index (χ2n) is 7.26. The molecule has 31 heavy (non-hydrogen) atoms. The summed E-state index contributed by atoms with van der Waals surface area (Å²) in [7, 11) is 0. The molecule has 0 fully saturated rings. The van der Waals surface area contributed by atoms with E-state index < -0.39 is 29.9 Å². The lowest BCUT2D eigenvalue weighted by atomic mass is 10.1. The minimum absolute atomic E-state index is 0.144. The summed E-state index contributed by atoms with van der Waals surface area (Å²) < 4.78 is 0.785. The standard InChI is InChI=1S/C22H22N4O5/c1-12-8-13(2)19(14(3)9-12)24-17(27)10-23-18(28)11-26-21(29)16-7-5-4-6-15(16)20(25-26)22(30)31/h4-9H,10-11H2,1-3H3,(H,23,28)(H,24,27)(H,30,31). The maximum atomic E-state index is 12.6. The van der Waals surface area contributed by atoms with Crippen molar-refractivity contribution in [1.29, 1.82) is 0 Å². The van der Waals surface area contributed by atoms with Gasteiger partial charge in [0.2, 0.25) is 11.8 Å². The molecule has 1 heterocycles. The summed E-state index contributed by atoms with van der Waals surface area (Å²) >= 11 is 0. The predicted octanol–water partition coefficient (Wildman–Crippen LogP) is 1.77. The third-order valence-corrected chi connectivity index (χ3v) is 4.75. The molecule has 0 saturated heterocycles. The van der Waals surface area contributed by atoms with E-state index in [1.165, 1.54) is 12.1 Å². The van der Waals surface area contributed by atoms with Gasteiger partial charge < -0.3 is 15.7 Å². The van der Waals surface area contributed by atoms with Crippen LogP contribution in [0, 0.1) is 20.8 Å². The van der Waals surface area contributed by atoms with Gasteiger partial charge in [0.05, 0.1) is 11.9 Å². The van der Waals surface area contributed by atoms with Gasteiger partial charge in [-0.1, -0.05) is 35.9 Å². The lowest BCUT2D eigenvalue weighted by Crippen LogP contribution is -2.38. The molecular formula is C22H22N4O5. The summed E-state index contributed by atoms with van der Waals surface area (Å²) in [5, 5.41) is 18.7. The van der Waals surface area contributed by atoms with Crippen molar-refractivity contribution in [3.05, 3.63) is 69.1 Å². The van der Waals surface area contributed by atoms with E-state index in [-0.39, 0.29) is 23.0 Å². The predicted molar refractivity (Wildman–Crippen MR) is 115 cm³/mol. The van der Waals surface area contributed by atoms with Gasteiger partial charge >= 0.3 is 5.97 Å². The minimum Gasteiger partial charge on any atom is -0.476 e. The minimum atomic E-state index is -1.31. The number of fused-ring (bicyclic) bond motifs is 1. The van der Waals surface area contributed by atoms with Crippen LogP contribution in [0.25, 0.3) is 10.8 Å². The average molecular weight is 422 g/mol. The first kappa shape index (κ1) is 21.7. The quantitative estimate of drug-likeness (QED) is 0.555. The lowest BCUT2D eigenvalue weighted by Gasteiger charge is -2.13. The number of nitrogens with one attached hydrogen (secondary N) is 2. The Morgan fingerprint density at radius 2 is 1.61 bits per heavy atom. The van der Waals surface area contributed by atoms with Crippen molar-refractivity contribution in [2.75, 3.05) is 11.9 Å². The number of carbonyl (C=O) groups is 3. The smallest absolute Gasteiger partial charge is 0.357 e. The van der Waals surface area contributed by atoms with Crippen LogP contribution < -0.4 is 16.2 Å². The van der Waals surface area contributed by atoms with Gasteiger partial charge in [0.1, 0.15) is 6.54 Å². The second-order valence-corrected chi connectivity index (χ2v) is 7.26. The first-order valence-corrected chi connectivity index (χ1v) is 9.55. The number of rotatable bonds is 6. The highest BCUT2D eigenvalue weighted by Gasteiger charge is 2.17. The SMILES string of the molecule is Cc1cc(C)c(NC(=O)CNC(=O)Cn2nc(C(=O)O)c3ccccc3c2=O)c(C)c1. The van der Waals surface area contributed by atoms with Crippen LogP contribution in [0.2, 0.25) is 0 Å². The molecule has 0 aliphatic carbocycles. The molecule has 1 aromatic heterocycles. The molecule has 3 N–H and O–H groups in total. The number of carboxylic acid groups (broad SMARTS) is 1. The first-order chi connectivity index (χ1) is 14.7. The molecular weight excluding hydrogens is 400 g/mol. The molecule has 9 nitrogen and oxygen atoms in total. The number of anilines is 1. The number of aromatic carboxylic acids is 1. The topological polar surface area (TPSA) is 130 Å². The Bertz CT molecular complexity index is 1240. The van der Waals surface area contributed by atoms with E-state index in [9.17, 15) is 24.3 Å². The van der Waals surface area contributed by atoms with E-state index in [2.05, 4.69) is 15.7 Å². The van der Waals surface area contributed by atoms with Crippen LogP contribution in [0.1, 0.15) is 27.2 Å². The normalized spacial score (nSPS) is 10.7. The Morgan fingerprint density at radius 3 is 2.23 bits per heavy atom. The molecule has 3 rings (SSSR count). The van der Waals surface area contributed by atoms with Gasteiger partial charge in [-0.3, -0.25) is 14.4 Å². The molecule has 0 atom stereocenters. The Balaban J connectivity index is 1.71. The van der Waals surface area contributed by atoms with Crippen LogP contribution in [0.3, 0.4) is 0 Å². The maximum absolute atomic E-state index is 12.6. The van der Waals surface area contributed by atoms with Crippen molar-refractivity contribution >= 4 is 34.2 Å². The van der Waals surface area contributed by atoms with Crippen molar-refractivity contribution < 1.29 is 19.5 Å². The maximum Gasteiger partial charge on any atom is 0.357 e. The highest BCUT2D eigenvalue weighted by atomic mass is 16.4. The van der Waals surface area contributed by atoms with Crippen LogP contribution in [0.4, 0.5) is 5.69 Å². The molecule has 0 aliphatic rings. The van der Waals surface area contributed by atoms with Gasteiger partial charge in [0.15, 0.2) is 5.69 Å². The largest absolute Gasteiger partial charge is 0.476 e. The van der Waals surface area contributed by atoms with Gasteiger partial charge in [-0.25, -0.2) is 9.48 Å². The van der Waals surface area contributed by atoms with Crippen LogP contribution in [0.15, 0.2) is 41.2 Å². The molecule has 0 aliphatic heterocycles. The van der Waals surface area contributed by atoms with Gasteiger partial charge in [0.25, 0.3) is 5.56 Å². The van der Waals surface area contributed by atoms with Gasteiger partial charge in [0, 0.05) is 11.1 Å². The van der Waals surface area contributed by atoms with E-state index in [4.69, 9.17) is 0 Å². The average Bonchev–Trinajstić information content (AvgIpc) is 2.71. The zero-order chi connectivity index (χ0) is 22.7. The number of aryl methyl sites for hydroxylation is 3. The van der Waals surface area contributed by atoms with Crippen molar-refractivity contribution in [2.24, 2.45) is 0 Å². The molecule has 160 valence electrons. The lowest BCUT2D eigenvalue weighted by molar-refractivity contribution is -0.124. The number of benzene rings is 2. The van der Waals surface area contributed by atoms with Crippen molar-refractivity contribution in [1.82, 2.24) is 15.1 Å². The van der Waals surface area contributed by atoms with E-state index in [1.54, 1.807) is 12.1 Å². The van der Waals surface area contributed by atoms with Crippen molar-refractivity contribution in [2.45, 2.75) is 27.3 Å². The zero-order valence-electron chi connectivity index (χ0n) is 17.4. The summed E-state index contributed by atoms with van der Waals surface area (Å²) in [5.41, 5.74) is 2.66. The van der Waals surface area contributed by atoms with Crippen LogP contribution in [0.5, 0.6) is 0 Å². The third-order valence-electron chi connectivity index (χ3n) is 4.75. The van der Waals surface area contributed by atoms with E-state index in [0.29, 0.717) is 5.69 Å². The summed E-state index contributed by atoms with van der Waals surface area (Å²) in [6.07, 6.45) is 0. The first-order valence-electron chi connectivity index (χ1n) is 9.55. The fourth-order valence-electron chi connectivity index (χ4n) is 3.43. The molecule has 0 unspecified atom stereocenters. The summed E-state index contributed by atoms with van der Waals surface area (Å²) in [5.74, 6) is -2.38. The van der Waals surface area contributed by atoms with Crippen LogP contribution in [-0.4, -0.2) is 39.2 Å². The van der Waals surface area contributed by atoms with Crippen LogP contribution >= 0.6 is 0 Å².